The van der Waals surface area contributed by atoms with E-state index >= 15 is 0 Å². The van der Waals surface area contributed by atoms with Crippen LogP contribution < -0.4 is 0 Å². The molecule has 20 heavy (non-hydrogen) atoms. The van der Waals surface area contributed by atoms with Crippen LogP contribution in [0.25, 0.3) is 0 Å². The summed E-state index contributed by atoms with van der Waals surface area (Å²) >= 11 is 0. The minimum absolute atomic E-state index is 0.123. The number of allylic oxidation sites excluding steroid dienone is 4. The lowest BCUT2D eigenvalue weighted by atomic mass is 9.67. The molecular formula is C18H18FN. The van der Waals surface area contributed by atoms with Crippen molar-refractivity contribution in [3.8, 4) is 6.07 Å². The second kappa shape index (κ2) is 4.59. The fourth-order valence-electron chi connectivity index (χ4n) is 3.34. The molecule has 2 atom stereocenters. The van der Waals surface area contributed by atoms with Crippen LogP contribution in [0.4, 0.5) is 4.39 Å². The molecule has 0 aromatic heterocycles. The highest BCUT2D eigenvalue weighted by Crippen LogP contribution is 2.63. The predicted octanol–water partition coefficient (Wildman–Crippen LogP) is 4.89. The third kappa shape index (κ3) is 1.81. The molecule has 2 aliphatic carbocycles. The molecule has 102 valence electrons. The van der Waals surface area contributed by atoms with Gasteiger partial charge in [0.15, 0.2) is 0 Å². The lowest BCUT2D eigenvalue weighted by molar-refractivity contribution is 0.314. The van der Waals surface area contributed by atoms with Gasteiger partial charge in [-0.15, -0.1) is 0 Å². The van der Waals surface area contributed by atoms with Gasteiger partial charge in [-0.1, -0.05) is 49.4 Å². The summed E-state index contributed by atoms with van der Waals surface area (Å²) in [6, 6.07) is 12.1. The molecule has 0 aliphatic heterocycles. The van der Waals surface area contributed by atoms with Crippen LogP contribution in [-0.4, -0.2) is 0 Å². The van der Waals surface area contributed by atoms with E-state index in [1.165, 1.54) is 0 Å². The zero-order chi connectivity index (χ0) is 14.2. The molecule has 1 aromatic carbocycles. The smallest absolute Gasteiger partial charge is 0.108 e. The number of hydrogen-bond acceptors (Lipinski definition) is 1. The SMILES string of the molecule is CCC1(C2(C#N)CC2)C=CC(c2ccccc2)C(F)=C1. The first-order chi connectivity index (χ1) is 9.66. The number of benzene rings is 1. The van der Waals surface area contributed by atoms with E-state index in [4.69, 9.17) is 0 Å². The molecule has 1 fully saturated rings. The van der Waals surface area contributed by atoms with E-state index in [0.717, 1.165) is 24.8 Å². The molecule has 0 saturated heterocycles. The molecule has 0 radical (unpaired) electrons. The fourth-order valence-corrected chi connectivity index (χ4v) is 3.34. The average molecular weight is 267 g/mol. The maximum absolute atomic E-state index is 14.6. The van der Waals surface area contributed by atoms with Crippen molar-refractivity contribution in [2.75, 3.05) is 0 Å². The Hall–Kier alpha value is -1.88. The maximum Gasteiger partial charge on any atom is 0.108 e. The normalized spacial score (nSPS) is 30.4. The second-order valence-corrected chi connectivity index (χ2v) is 5.86. The third-order valence-electron chi connectivity index (χ3n) is 4.88. The summed E-state index contributed by atoms with van der Waals surface area (Å²) in [5, 5.41) is 9.44. The largest absolute Gasteiger partial charge is 0.211 e. The molecule has 0 N–H and O–H groups in total. The van der Waals surface area contributed by atoms with Crippen LogP contribution in [0.2, 0.25) is 0 Å². The van der Waals surface area contributed by atoms with Crippen molar-refractivity contribution in [2.45, 2.75) is 32.1 Å². The summed E-state index contributed by atoms with van der Waals surface area (Å²) in [7, 11) is 0. The molecule has 0 heterocycles. The Labute approximate surface area is 119 Å². The lowest BCUT2D eigenvalue weighted by Gasteiger charge is -2.35. The molecular weight excluding hydrogens is 249 g/mol. The number of nitriles is 1. The molecule has 2 unspecified atom stereocenters. The van der Waals surface area contributed by atoms with Gasteiger partial charge in [0.05, 0.1) is 17.4 Å². The average Bonchev–Trinajstić information content (AvgIpc) is 3.29. The highest BCUT2D eigenvalue weighted by molar-refractivity contribution is 5.41. The number of nitrogens with zero attached hydrogens (tertiary/aromatic N) is 1. The van der Waals surface area contributed by atoms with Gasteiger partial charge in [0, 0.05) is 5.41 Å². The van der Waals surface area contributed by atoms with Gasteiger partial charge in [-0.2, -0.15) is 5.26 Å². The van der Waals surface area contributed by atoms with E-state index in [2.05, 4.69) is 12.1 Å². The van der Waals surface area contributed by atoms with Crippen molar-refractivity contribution in [1.82, 2.24) is 0 Å². The summed E-state index contributed by atoms with van der Waals surface area (Å²) in [4.78, 5) is 0. The van der Waals surface area contributed by atoms with Gasteiger partial charge >= 0.3 is 0 Å². The van der Waals surface area contributed by atoms with Crippen LogP contribution in [0.5, 0.6) is 0 Å². The van der Waals surface area contributed by atoms with Crippen molar-refractivity contribution >= 4 is 0 Å². The summed E-state index contributed by atoms with van der Waals surface area (Å²) in [6.07, 6.45) is 8.24. The molecule has 2 aliphatic rings. The van der Waals surface area contributed by atoms with Gasteiger partial charge in [0.2, 0.25) is 0 Å². The number of halogens is 1. The molecule has 0 bridgehead atoms. The highest BCUT2D eigenvalue weighted by Gasteiger charge is 2.58. The zero-order valence-electron chi connectivity index (χ0n) is 11.6. The van der Waals surface area contributed by atoms with Gasteiger partial charge < -0.3 is 0 Å². The Kier molecular flexibility index (Phi) is 3.01. The molecule has 3 rings (SSSR count). The molecule has 1 aromatic rings. The molecule has 1 saturated carbocycles. The van der Waals surface area contributed by atoms with Crippen molar-refractivity contribution in [2.24, 2.45) is 10.8 Å². The van der Waals surface area contributed by atoms with E-state index in [9.17, 15) is 9.65 Å². The zero-order valence-corrected chi connectivity index (χ0v) is 11.6. The van der Waals surface area contributed by atoms with E-state index in [1.54, 1.807) is 6.08 Å². The van der Waals surface area contributed by atoms with Gasteiger partial charge in [0.25, 0.3) is 0 Å². The Morgan fingerprint density at radius 1 is 1.30 bits per heavy atom. The summed E-state index contributed by atoms with van der Waals surface area (Å²) in [6.45, 7) is 2.04. The molecule has 0 amide bonds. The van der Waals surface area contributed by atoms with Crippen molar-refractivity contribution in [1.29, 1.82) is 5.26 Å². The Balaban J connectivity index is 1.97. The lowest BCUT2D eigenvalue weighted by Crippen LogP contribution is -2.29. The van der Waals surface area contributed by atoms with Crippen LogP contribution in [0.3, 0.4) is 0 Å². The fraction of sp³-hybridized carbons (Fsp3) is 0.389. The summed E-state index contributed by atoms with van der Waals surface area (Å²) in [5.41, 5.74) is 0.165. The minimum Gasteiger partial charge on any atom is -0.211 e. The maximum atomic E-state index is 14.6. The second-order valence-electron chi connectivity index (χ2n) is 5.86. The third-order valence-corrected chi connectivity index (χ3v) is 4.88. The quantitative estimate of drug-likeness (QED) is 0.715. The first-order valence-electron chi connectivity index (χ1n) is 7.20. The number of rotatable bonds is 3. The molecule has 0 spiro atoms. The van der Waals surface area contributed by atoms with Crippen LogP contribution in [-0.2, 0) is 0 Å². The molecule has 1 nitrogen and oxygen atoms in total. The van der Waals surface area contributed by atoms with Crippen LogP contribution in [0, 0.1) is 22.2 Å². The van der Waals surface area contributed by atoms with Gasteiger partial charge in [-0.25, -0.2) is 4.39 Å². The minimum atomic E-state index is -0.420. The van der Waals surface area contributed by atoms with Gasteiger partial charge in [-0.05, 0) is 30.9 Å². The first-order valence-corrected chi connectivity index (χ1v) is 7.20. The Morgan fingerprint density at radius 2 is 2.00 bits per heavy atom. The van der Waals surface area contributed by atoms with Gasteiger partial charge in [0.1, 0.15) is 5.83 Å². The van der Waals surface area contributed by atoms with E-state index in [1.807, 2.05) is 43.3 Å². The van der Waals surface area contributed by atoms with E-state index in [0.29, 0.717) is 0 Å². The summed E-state index contributed by atoms with van der Waals surface area (Å²) < 4.78 is 14.6. The van der Waals surface area contributed by atoms with Crippen molar-refractivity contribution in [3.05, 3.63) is 60.0 Å². The van der Waals surface area contributed by atoms with Gasteiger partial charge in [-0.3, -0.25) is 0 Å². The summed E-state index contributed by atoms with van der Waals surface area (Å²) in [5.74, 6) is -0.424. The van der Waals surface area contributed by atoms with Crippen molar-refractivity contribution in [3.63, 3.8) is 0 Å². The topological polar surface area (TPSA) is 23.8 Å². The molecule has 2 heteroatoms. The van der Waals surface area contributed by atoms with E-state index in [-0.39, 0.29) is 17.2 Å². The number of hydrogen-bond donors (Lipinski definition) is 0. The highest BCUT2D eigenvalue weighted by atomic mass is 19.1. The first kappa shape index (κ1) is 13.1. The van der Waals surface area contributed by atoms with Crippen LogP contribution in [0.15, 0.2) is 54.4 Å². The van der Waals surface area contributed by atoms with E-state index < -0.39 is 5.41 Å². The van der Waals surface area contributed by atoms with Crippen LogP contribution >= 0.6 is 0 Å². The predicted molar refractivity (Wildman–Crippen MR) is 77.5 cm³/mol. The monoisotopic (exact) mass is 267 g/mol. The standard InChI is InChI=1S/C18H18FN/c1-2-17(18(13-20)10-11-18)9-8-15(16(19)12-17)14-6-4-3-5-7-14/h3-9,12,15H,2,10-11H2,1H3. The van der Waals surface area contributed by atoms with Crippen LogP contribution in [0.1, 0.15) is 37.7 Å². The Morgan fingerprint density at radius 3 is 2.50 bits per heavy atom. The van der Waals surface area contributed by atoms with Crippen molar-refractivity contribution < 1.29 is 4.39 Å². The Bertz CT molecular complexity index is 604.